The molecule has 0 N–H and O–H groups in total. The number of benzene rings is 1. The molecule has 1 heteroatoms. The standard InChI is InChI=1S/C12H14N/c1-3-8-13-9-10(2)11-6-4-5-7-12(11)13/h4-7,9H,2-3,8H2,1H3. The van der Waals surface area contributed by atoms with Crippen molar-refractivity contribution in [2.75, 3.05) is 0 Å². The molecule has 1 radical (unpaired) electrons. The lowest BCUT2D eigenvalue weighted by atomic mass is 10.2. The number of rotatable bonds is 2. The zero-order chi connectivity index (χ0) is 9.26. The highest BCUT2D eigenvalue weighted by Gasteiger charge is 2.02. The normalized spacial score (nSPS) is 10.9. The minimum atomic E-state index is 1.08. The highest BCUT2D eigenvalue weighted by molar-refractivity contribution is 5.84. The molecule has 0 aliphatic heterocycles. The fraction of sp³-hybridized carbons (Fsp3) is 0.250. The minimum absolute atomic E-state index is 1.08. The Morgan fingerprint density at radius 3 is 2.85 bits per heavy atom. The van der Waals surface area contributed by atoms with E-state index in [2.05, 4.69) is 48.9 Å². The number of hydrogen-bond acceptors (Lipinski definition) is 0. The van der Waals surface area contributed by atoms with Crippen molar-refractivity contribution in [2.24, 2.45) is 0 Å². The molecule has 0 aliphatic rings. The van der Waals surface area contributed by atoms with Crippen LogP contribution in [0.1, 0.15) is 18.9 Å². The van der Waals surface area contributed by atoms with Gasteiger partial charge in [0, 0.05) is 23.6 Å². The Bertz CT molecular complexity index is 412. The first-order chi connectivity index (χ1) is 6.33. The van der Waals surface area contributed by atoms with E-state index in [-0.39, 0.29) is 0 Å². The Labute approximate surface area is 79.0 Å². The van der Waals surface area contributed by atoms with Crippen molar-refractivity contribution in [3.63, 3.8) is 0 Å². The van der Waals surface area contributed by atoms with Crippen LogP contribution in [0.3, 0.4) is 0 Å². The summed E-state index contributed by atoms with van der Waals surface area (Å²) in [5.74, 6) is 0. The average Bonchev–Trinajstić information content (AvgIpc) is 2.46. The van der Waals surface area contributed by atoms with E-state index in [1.807, 2.05) is 0 Å². The van der Waals surface area contributed by atoms with Crippen molar-refractivity contribution in [1.29, 1.82) is 0 Å². The van der Waals surface area contributed by atoms with Gasteiger partial charge in [0.1, 0.15) is 0 Å². The third-order valence-electron chi connectivity index (χ3n) is 2.34. The van der Waals surface area contributed by atoms with Gasteiger partial charge in [0.2, 0.25) is 0 Å². The maximum Gasteiger partial charge on any atom is 0.0483 e. The molecule has 0 saturated heterocycles. The van der Waals surface area contributed by atoms with E-state index in [1.54, 1.807) is 0 Å². The molecule has 13 heavy (non-hydrogen) atoms. The molecule has 1 nitrogen and oxygen atoms in total. The van der Waals surface area contributed by atoms with Crippen molar-refractivity contribution in [3.8, 4) is 0 Å². The summed E-state index contributed by atoms with van der Waals surface area (Å²) < 4.78 is 2.28. The second kappa shape index (κ2) is 3.25. The van der Waals surface area contributed by atoms with E-state index in [9.17, 15) is 0 Å². The van der Waals surface area contributed by atoms with Crippen molar-refractivity contribution in [1.82, 2.24) is 4.57 Å². The molecule has 2 aromatic rings. The van der Waals surface area contributed by atoms with Crippen LogP contribution in [0.15, 0.2) is 30.5 Å². The van der Waals surface area contributed by atoms with Crippen molar-refractivity contribution >= 4 is 10.9 Å². The van der Waals surface area contributed by atoms with E-state index < -0.39 is 0 Å². The molecule has 0 atom stereocenters. The quantitative estimate of drug-likeness (QED) is 0.655. The SMILES string of the molecule is [CH2]c1cn(CCC)c2ccccc12. The van der Waals surface area contributed by atoms with E-state index in [0.29, 0.717) is 0 Å². The van der Waals surface area contributed by atoms with Crippen LogP contribution < -0.4 is 0 Å². The van der Waals surface area contributed by atoms with Gasteiger partial charge in [-0.2, -0.15) is 0 Å². The summed E-state index contributed by atoms with van der Waals surface area (Å²) in [5.41, 5.74) is 2.43. The van der Waals surface area contributed by atoms with Crippen LogP contribution in [0.2, 0.25) is 0 Å². The summed E-state index contributed by atoms with van der Waals surface area (Å²) in [6.45, 7) is 7.30. The molecular formula is C12H14N. The van der Waals surface area contributed by atoms with E-state index in [4.69, 9.17) is 0 Å². The molecule has 1 heterocycles. The van der Waals surface area contributed by atoms with Gasteiger partial charge < -0.3 is 4.57 Å². The Morgan fingerprint density at radius 1 is 1.31 bits per heavy atom. The van der Waals surface area contributed by atoms with E-state index >= 15 is 0 Å². The van der Waals surface area contributed by atoms with Crippen LogP contribution >= 0.6 is 0 Å². The van der Waals surface area contributed by atoms with Crippen LogP contribution in [-0.2, 0) is 6.54 Å². The first-order valence-electron chi connectivity index (χ1n) is 4.72. The number of aryl methyl sites for hydroxylation is 1. The van der Waals surface area contributed by atoms with Crippen molar-refractivity contribution < 1.29 is 0 Å². The smallest absolute Gasteiger partial charge is 0.0483 e. The van der Waals surface area contributed by atoms with Gasteiger partial charge in [-0.05, 0) is 25.0 Å². The number of para-hydroxylation sites is 1. The van der Waals surface area contributed by atoms with Crippen LogP contribution in [-0.4, -0.2) is 4.57 Å². The Kier molecular flexibility index (Phi) is 2.09. The highest BCUT2D eigenvalue weighted by Crippen LogP contribution is 2.20. The molecule has 0 amide bonds. The molecule has 0 fully saturated rings. The van der Waals surface area contributed by atoms with Gasteiger partial charge in [0.15, 0.2) is 0 Å². The fourth-order valence-electron chi connectivity index (χ4n) is 1.75. The minimum Gasteiger partial charge on any atom is -0.347 e. The summed E-state index contributed by atoms with van der Waals surface area (Å²) in [6.07, 6.45) is 3.30. The maximum absolute atomic E-state index is 4.03. The zero-order valence-electron chi connectivity index (χ0n) is 7.96. The molecule has 1 aromatic carbocycles. The Hall–Kier alpha value is -1.24. The summed E-state index contributed by atoms with van der Waals surface area (Å²) in [7, 11) is 0. The van der Waals surface area contributed by atoms with Gasteiger partial charge in [-0.25, -0.2) is 0 Å². The molecule has 1 aromatic heterocycles. The molecule has 0 bridgehead atoms. The van der Waals surface area contributed by atoms with Gasteiger partial charge in [0.05, 0.1) is 0 Å². The predicted molar refractivity (Wildman–Crippen MR) is 56.7 cm³/mol. The van der Waals surface area contributed by atoms with Gasteiger partial charge in [0.25, 0.3) is 0 Å². The average molecular weight is 172 g/mol. The molecule has 0 spiro atoms. The lowest BCUT2D eigenvalue weighted by Crippen LogP contribution is -1.93. The van der Waals surface area contributed by atoms with Gasteiger partial charge in [-0.15, -0.1) is 0 Å². The second-order valence-electron chi connectivity index (χ2n) is 3.36. The third kappa shape index (κ3) is 1.35. The first kappa shape index (κ1) is 8.36. The molecule has 0 aliphatic carbocycles. The summed E-state index contributed by atoms with van der Waals surface area (Å²) in [5, 5.41) is 1.27. The monoisotopic (exact) mass is 172 g/mol. The van der Waals surface area contributed by atoms with Gasteiger partial charge in [-0.3, -0.25) is 0 Å². The molecule has 67 valence electrons. The maximum atomic E-state index is 4.03. The zero-order valence-corrected chi connectivity index (χ0v) is 7.96. The van der Waals surface area contributed by atoms with Crippen LogP contribution in [0.25, 0.3) is 10.9 Å². The van der Waals surface area contributed by atoms with Crippen LogP contribution in [0.5, 0.6) is 0 Å². The summed E-state index contributed by atoms with van der Waals surface area (Å²) in [4.78, 5) is 0. The lowest BCUT2D eigenvalue weighted by molar-refractivity contribution is 0.703. The number of nitrogens with zero attached hydrogens (tertiary/aromatic N) is 1. The Morgan fingerprint density at radius 2 is 2.08 bits per heavy atom. The fourth-order valence-corrected chi connectivity index (χ4v) is 1.75. The van der Waals surface area contributed by atoms with Crippen LogP contribution in [0.4, 0.5) is 0 Å². The number of aromatic nitrogens is 1. The number of fused-ring (bicyclic) bond motifs is 1. The molecular weight excluding hydrogens is 158 g/mol. The van der Waals surface area contributed by atoms with Gasteiger partial charge in [-0.1, -0.05) is 25.1 Å². The molecule has 0 saturated carbocycles. The lowest BCUT2D eigenvalue weighted by Gasteiger charge is -2.01. The van der Waals surface area contributed by atoms with Crippen molar-refractivity contribution in [2.45, 2.75) is 19.9 Å². The first-order valence-corrected chi connectivity index (χ1v) is 4.72. The third-order valence-corrected chi connectivity index (χ3v) is 2.34. The van der Waals surface area contributed by atoms with E-state index in [1.165, 1.54) is 10.9 Å². The molecule has 2 rings (SSSR count). The Balaban J connectivity index is 2.63. The van der Waals surface area contributed by atoms with Gasteiger partial charge >= 0.3 is 0 Å². The van der Waals surface area contributed by atoms with Crippen LogP contribution in [0, 0.1) is 6.92 Å². The molecule has 0 unspecified atom stereocenters. The summed E-state index contributed by atoms with van der Waals surface area (Å²) >= 11 is 0. The van der Waals surface area contributed by atoms with E-state index in [0.717, 1.165) is 18.5 Å². The van der Waals surface area contributed by atoms with Crippen molar-refractivity contribution in [3.05, 3.63) is 42.9 Å². The predicted octanol–water partition coefficient (Wildman–Crippen LogP) is 3.23. The second-order valence-corrected chi connectivity index (χ2v) is 3.36. The highest BCUT2D eigenvalue weighted by atomic mass is 14.9. The number of hydrogen-bond donors (Lipinski definition) is 0. The topological polar surface area (TPSA) is 4.93 Å². The summed E-state index contributed by atoms with van der Waals surface area (Å²) in [6, 6.07) is 8.42. The largest absolute Gasteiger partial charge is 0.347 e.